The Balaban J connectivity index is 0.00000115. The van der Waals surface area contributed by atoms with E-state index in [2.05, 4.69) is 57.5 Å². The van der Waals surface area contributed by atoms with Crippen molar-refractivity contribution in [3.8, 4) is 0 Å². The van der Waals surface area contributed by atoms with Crippen LogP contribution >= 0.6 is 74.1 Å². The number of rotatable bonds is 13. The van der Waals surface area contributed by atoms with E-state index in [0.717, 1.165) is 30.3 Å². The molecule has 446 valence electrons. The van der Waals surface area contributed by atoms with E-state index in [0.29, 0.717) is 12.9 Å². The summed E-state index contributed by atoms with van der Waals surface area (Å²) in [5.41, 5.74) is -16.3. The first-order valence-electron chi connectivity index (χ1n) is 20.2. The number of alkyl halides is 18. The number of amides is 1. The van der Waals surface area contributed by atoms with Gasteiger partial charge in [0.05, 0.1) is 36.8 Å². The van der Waals surface area contributed by atoms with Gasteiger partial charge in [-0.15, -0.1) is 0 Å². The van der Waals surface area contributed by atoms with Crippen LogP contribution in [0.25, 0.3) is 0 Å². The van der Waals surface area contributed by atoms with Crippen molar-refractivity contribution in [3.05, 3.63) is 134 Å². The van der Waals surface area contributed by atoms with Crippen molar-refractivity contribution in [2.24, 2.45) is 0 Å². The molecule has 40 heteroatoms. The van der Waals surface area contributed by atoms with E-state index in [4.69, 9.17) is 50.0 Å². The number of nitro benzene ring substituents is 2. The molecule has 0 bridgehead atoms. The zero-order valence-corrected chi connectivity index (χ0v) is 45.6. The zero-order valence-electron chi connectivity index (χ0n) is 39.1. The van der Waals surface area contributed by atoms with Crippen molar-refractivity contribution in [3.63, 3.8) is 0 Å². The Morgan fingerprint density at radius 1 is 0.650 bits per heavy atom. The Morgan fingerprint density at radius 3 is 1.26 bits per heavy atom. The van der Waals surface area contributed by atoms with E-state index in [9.17, 15) is 118 Å². The third kappa shape index (κ3) is 17.3. The van der Waals surface area contributed by atoms with Gasteiger partial charge in [0.15, 0.2) is 0 Å². The van der Waals surface area contributed by atoms with Crippen molar-refractivity contribution < 1.29 is 117 Å². The fourth-order valence-corrected chi connectivity index (χ4v) is 7.36. The minimum absolute atomic E-state index is 0.0329. The number of nitrogens with one attached hydrogen (secondary N) is 1. The number of nitrogens with two attached hydrogens (primary N) is 1. The maximum absolute atomic E-state index is 14.6. The molecular weight excluding hydrogens is 1370 g/mol. The van der Waals surface area contributed by atoms with Gasteiger partial charge in [-0.05, 0) is 87.9 Å². The Bertz CT molecular complexity index is 2780. The summed E-state index contributed by atoms with van der Waals surface area (Å²) in [6, 6.07) is 4.99. The molecule has 4 aromatic carbocycles. The number of halogens is 25. The molecule has 0 saturated carbocycles. The van der Waals surface area contributed by atoms with E-state index in [1.165, 1.54) is 19.6 Å². The van der Waals surface area contributed by atoms with E-state index in [1.54, 1.807) is 5.32 Å². The molecule has 0 aliphatic carbocycles. The molecule has 0 aliphatic heterocycles. The molecule has 0 heterocycles. The second kappa shape index (κ2) is 29.4. The van der Waals surface area contributed by atoms with Gasteiger partial charge < -0.3 is 21.1 Å². The summed E-state index contributed by atoms with van der Waals surface area (Å²) < 4.78 is 270. The molecule has 4 rings (SSSR count). The van der Waals surface area contributed by atoms with Crippen LogP contribution in [0, 0.1) is 31.9 Å². The van der Waals surface area contributed by atoms with Crippen LogP contribution in [0.2, 0.25) is 10.0 Å². The number of carbonyl (C=O) groups excluding carboxylic acids is 1. The number of nitro groups is 2. The zero-order chi connectivity index (χ0) is 63.3. The van der Waals surface area contributed by atoms with Gasteiger partial charge in [0.1, 0.15) is 5.56 Å². The normalized spacial score (nSPS) is 13.6. The van der Waals surface area contributed by atoms with Crippen LogP contribution in [-0.4, -0.2) is 94.8 Å². The quantitative estimate of drug-likeness (QED) is 0.0289. The topological polar surface area (TPSA) is 199 Å². The van der Waals surface area contributed by atoms with Crippen LogP contribution in [0.3, 0.4) is 0 Å². The van der Waals surface area contributed by atoms with Crippen LogP contribution < -0.4 is 11.1 Å². The average molecular weight is 1400 g/mol. The van der Waals surface area contributed by atoms with Crippen molar-refractivity contribution >= 4 is 116 Å². The SMILES string of the molecule is CCN(CC)CC.Nc1c(Cl)cc(C(F)(C(F)(F)F)C(F)(F)C(F)(F)F)cc1Br.O=BPCl.O=C(Nc1c(Cl)cc(C(F)(C(F)(F)F)C(F)(F)C(F)(F)F)cc1Br)c1cccc([N+](=O)[O-])c1F.O=C(O)c1cccc([N+](=O)[O-])c1F. The summed E-state index contributed by atoms with van der Waals surface area (Å²) in [6.07, 6.45) is -27.1. The number of carboxylic acids is 1. The number of carboxylic acid groups (broad SMARTS) is 1. The summed E-state index contributed by atoms with van der Waals surface area (Å²) in [5, 5.41) is 29.2. The van der Waals surface area contributed by atoms with Gasteiger partial charge in [0.2, 0.25) is 11.6 Å². The molecule has 13 nitrogen and oxygen atoms in total. The van der Waals surface area contributed by atoms with Crippen molar-refractivity contribution in [1.29, 1.82) is 0 Å². The second-order valence-electron chi connectivity index (χ2n) is 14.5. The van der Waals surface area contributed by atoms with Gasteiger partial charge in [-0.1, -0.05) is 56.1 Å². The minimum Gasteiger partial charge on any atom is -0.478 e. The first-order chi connectivity index (χ1) is 36.1. The molecule has 4 N–H and O–H groups in total. The van der Waals surface area contributed by atoms with Crippen molar-refractivity contribution in [2.75, 3.05) is 30.7 Å². The maximum Gasteiger partial charge on any atom is 0.457 e. The smallest absolute Gasteiger partial charge is 0.457 e. The Labute approximate surface area is 468 Å². The second-order valence-corrected chi connectivity index (χ2v) is 18.2. The third-order valence-corrected chi connectivity index (χ3v) is 12.0. The molecule has 0 spiro atoms. The van der Waals surface area contributed by atoms with E-state index in [-0.39, 0.29) is 32.1 Å². The summed E-state index contributed by atoms with van der Waals surface area (Å²) in [6.45, 7) is 10.8. The standard InChI is InChI=1S/C17H6BrClF10N2O3.C10H4BrClF9N.C7H4FNO4.C6H15N.BClHOP/c18-8-4-6(14(21,16(24,25)26)15(22,23)17(27,28)29)5-9(19)12(8)30-13(32)7-2-1-3-10(11(7)20)31(33)34;11-4-1-3(2-5(12)6(4)22)7(13,9(16,17)18)8(14,15)10(19,20)21;8-6-4(7(10)11)2-1-3-5(6)9(12)13;1-4-7(5-2)6-3;2-4-1-3/h1-5H,(H,30,32);1-2H,22H2;1-3H,(H,10,11);4-6H2,1-3H3;4H. The van der Waals surface area contributed by atoms with Crippen LogP contribution in [0.4, 0.5) is 111 Å². The number of nitrogen functional groups attached to an aromatic ring is 1. The van der Waals surface area contributed by atoms with Gasteiger partial charge >= 0.3 is 95.9 Å². The molecule has 0 fully saturated rings. The fourth-order valence-electron chi connectivity index (χ4n) is 5.62. The van der Waals surface area contributed by atoms with Crippen LogP contribution in [0.5, 0.6) is 0 Å². The number of aromatic carboxylic acids is 1. The number of hydrogen-bond donors (Lipinski definition) is 3. The van der Waals surface area contributed by atoms with Gasteiger partial charge in [-0.2, -0.15) is 79.0 Å². The third-order valence-electron chi connectivity index (χ3n) is 9.73. The molecule has 1 amide bonds. The molecule has 0 aromatic heterocycles. The number of nitrogens with zero attached hydrogens (tertiary/aromatic N) is 3. The Kier molecular flexibility index (Phi) is 27.6. The predicted molar refractivity (Wildman–Crippen MR) is 257 cm³/mol. The maximum atomic E-state index is 14.6. The summed E-state index contributed by atoms with van der Waals surface area (Å²) >= 11 is 20.7. The molecule has 0 saturated heterocycles. The van der Waals surface area contributed by atoms with Crippen LogP contribution in [-0.2, 0) is 16.0 Å². The number of carbonyl (C=O) groups is 2. The van der Waals surface area contributed by atoms with Gasteiger partial charge in [0, 0.05) is 32.2 Å². The largest absolute Gasteiger partial charge is 0.478 e. The molecule has 3 unspecified atom stereocenters. The number of anilines is 2. The predicted octanol–water partition coefficient (Wildman–Crippen LogP) is 16.5. The summed E-state index contributed by atoms with van der Waals surface area (Å²) in [4.78, 5) is 43.8. The van der Waals surface area contributed by atoms with Gasteiger partial charge in [-0.3, -0.25) is 25.0 Å². The number of benzene rings is 4. The van der Waals surface area contributed by atoms with Crippen LogP contribution in [0.15, 0.2) is 69.6 Å². The Hall–Kier alpha value is -4.90. The van der Waals surface area contributed by atoms with E-state index >= 15 is 0 Å². The molecule has 80 heavy (non-hydrogen) atoms. The first-order valence-corrected chi connectivity index (χ1v) is 24.6. The Morgan fingerprint density at radius 2 is 0.988 bits per heavy atom. The van der Waals surface area contributed by atoms with Crippen molar-refractivity contribution in [1.82, 2.24) is 4.90 Å². The molecule has 4 aromatic rings. The monoisotopic (exact) mass is 1390 g/mol. The number of hydrogen-bond acceptors (Lipinski definition) is 9. The average Bonchev–Trinajstić information content (AvgIpc) is 3.33. The minimum atomic E-state index is -6.97. The molecule has 3 atom stereocenters. The molecule has 0 radical (unpaired) electrons. The summed E-state index contributed by atoms with van der Waals surface area (Å²) in [7, 11) is -0.0679. The first kappa shape index (κ1) is 75.1. The fraction of sp³-hybridized carbons (Fsp3) is 0.350. The van der Waals surface area contributed by atoms with E-state index in [1.807, 2.05) is 0 Å². The molecule has 0 aliphatic rings. The van der Waals surface area contributed by atoms with Gasteiger partial charge in [-0.25, -0.2) is 13.6 Å². The van der Waals surface area contributed by atoms with E-state index < -0.39 is 145 Å². The molecular formula is C40H30BBr2Cl3F20N5O8P. The van der Waals surface area contributed by atoms with Crippen molar-refractivity contribution in [2.45, 2.75) is 68.7 Å². The van der Waals surface area contributed by atoms with Gasteiger partial charge in [0.25, 0.3) is 5.91 Å². The van der Waals surface area contributed by atoms with Crippen LogP contribution in [0.1, 0.15) is 52.6 Å². The summed E-state index contributed by atoms with van der Waals surface area (Å²) in [5.74, 6) is -19.7.